The minimum Gasteiger partial charge on any atom is -0.463 e. The van der Waals surface area contributed by atoms with Gasteiger partial charge in [0.1, 0.15) is 10.8 Å². The third-order valence-electron chi connectivity index (χ3n) is 2.89. The summed E-state index contributed by atoms with van der Waals surface area (Å²) in [6.45, 7) is 2.07. The molecule has 0 fully saturated rings. The van der Waals surface area contributed by atoms with E-state index in [0.717, 1.165) is 5.56 Å². The fourth-order valence-corrected chi connectivity index (χ4v) is 2.14. The van der Waals surface area contributed by atoms with Crippen LogP contribution in [0.4, 0.5) is 5.69 Å². The zero-order valence-electron chi connectivity index (χ0n) is 12.8. The predicted molar refractivity (Wildman–Crippen MR) is 94.3 cm³/mol. The van der Waals surface area contributed by atoms with Gasteiger partial charge in [0.05, 0.1) is 11.6 Å². The van der Waals surface area contributed by atoms with Crippen LogP contribution in [0.15, 0.2) is 42.5 Å². The molecule has 0 saturated heterocycles. The van der Waals surface area contributed by atoms with E-state index < -0.39 is 11.9 Å². The van der Waals surface area contributed by atoms with Crippen LogP contribution in [0, 0.1) is 0 Å². The standard InChI is InChI=1S/C17H14Cl2N2O3/c1-2-24-15(22)10-5-11-3-6-12(7-4-11)20-17(23)16-13(18)8-9-14(19)21-16/h3-10H,2H2,1H3,(H,20,23)/b10-5+. The normalized spacial score (nSPS) is 10.6. The number of amides is 1. The molecular formula is C17H14Cl2N2O3. The Morgan fingerprint density at radius 3 is 2.54 bits per heavy atom. The predicted octanol–water partition coefficient (Wildman–Crippen LogP) is 4.22. The van der Waals surface area contributed by atoms with Crippen LogP contribution >= 0.6 is 23.2 Å². The average Bonchev–Trinajstić information content (AvgIpc) is 2.56. The summed E-state index contributed by atoms with van der Waals surface area (Å²) in [6.07, 6.45) is 2.96. The fraction of sp³-hybridized carbons (Fsp3) is 0.118. The molecule has 1 heterocycles. The maximum Gasteiger partial charge on any atom is 0.330 e. The summed E-state index contributed by atoms with van der Waals surface area (Å²) in [5.41, 5.74) is 1.40. The molecule has 2 aromatic rings. The highest BCUT2D eigenvalue weighted by molar-refractivity contribution is 6.35. The third kappa shape index (κ3) is 5.08. The van der Waals surface area contributed by atoms with Gasteiger partial charge in [-0.3, -0.25) is 4.79 Å². The highest BCUT2D eigenvalue weighted by atomic mass is 35.5. The molecule has 0 aliphatic carbocycles. The lowest BCUT2D eigenvalue weighted by molar-refractivity contribution is -0.137. The van der Waals surface area contributed by atoms with E-state index in [-0.39, 0.29) is 15.9 Å². The Bertz CT molecular complexity index is 774. The molecule has 1 aromatic carbocycles. The largest absolute Gasteiger partial charge is 0.463 e. The Morgan fingerprint density at radius 1 is 1.17 bits per heavy atom. The molecule has 0 aliphatic rings. The van der Waals surface area contributed by atoms with Crippen molar-refractivity contribution >= 4 is 46.8 Å². The number of hydrogen-bond donors (Lipinski definition) is 1. The van der Waals surface area contributed by atoms with Gasteiger partial charge in [0, 0.05) is 11.8 Å². The van der Waals surface area contributed by atoms with Crippen molar-refractivity contribution < 1.29 is 14.3 Å². The fourth-order valence-electron chi connectivity index (χ4n) is 1.80. The van der Waals surface area contributed by atoms with E-state index >= 15 is 0 Å². The smallest absolute Gasteiger partial charge is 0.330 e. The van der Waals surface area contributed by atoms with E-state index in [1.165, 1.54) is 18.2 Å². The highest BCUT2D eigenvalue weighted by Gasteiger charge is 2.13. The van der Waals surface area contributed by atoms with Crippen molar-refractivity contribution in [2.45, 2.75) is 6.92 Å². The first kappa shape index (κ1) is 18.0. The van der Waals surface area contributed by atoms with Crippen LogP contribution in [0.25, 0.3) is 6.08 Å². The number of ether oxygens (including phenoxy) is 1. The number of nitrogens with zero attached hydrogens (tertiary/aromatic N) is 1. The Balaban J connectivity index is 2.05. The van der Waals surface area contributed by atoms with Crippen molar-refractivity contribution in [3.8, 4) is 0 Å². The van der Waals surface area contributed by atoms with Gasteiger partial charge in [-0.25, -0.2) is 9.78 Å². The summed E-state index contributed by atoms with van der Waals surface area (Å²) in [4.78, 5) is 27.3. The molecule has 1 amide bonds. The summed E-state index contributed by atoms with van der Waals surface area (Å²) < 4.78 is 4.80. The lowest BCUT2D eigenvalue weighted by Gasteiger charge is -2.06. The van der Waals surface area contributed by atoms with Gasteiger partial charge in [-0.15, -0.1) is 0 Å². The molecule has 0 unspecified atom stereocenters. The molecule has 1 aromatic heterocycles. The summed E-state index contributed by atoms with van der Waals surface area (Å²) >= 11 is 11.7. The maximum atomic E-state index is 12.2. The van der Waals surface area contributed by atoms with Gasteiger partial charge < -0.3 is 10.1 Å². The van der Waals surface area contributed by atoms with Gasteiger partial charge >= 0.3 is 5.97 Å². The highest BCUT2D eigenvalue weighted by Crippen LogP contribution is 2.19. The van der Waals surface area contributed by atoms with Gasteiger partial charge in [-0.05, 0) is 42.8 Å². The van der Waals surface area contributed by atoms with Crippen molar-refractivity contribution in [3.63, 3.8) is 0 Å². The average molecular weight is 365 g/mol. The van der Waals surface area contributed by atoms with Crippen LogP contribution in [0.5, 0.6) is 0 Å². The van der Waals surface area contributed by atoms with E-state index in [1.54, 1.807) is 37.3 Å². The number of pyridine rings is 1. The number of carbonyl (C=O) groups is 2. The van der Waals surface area contributed by atoms with Crippen molar-refractivity contribution in [1.82, 2.24) is 4.98 Å². The van der Waals surface area contributed by atoms with E-state index in [0.29, 0.717) is 12.3 Å². The maximum absolute atomic E-state index is 12.2. The second kappa shape index (κ2) is 8.47. The van der Waals surface area contributed by atoms with Gasteiger partial charge in [0.2, 0.25) is 0 Å². The molecule has 1 N–H and O–H groups in total. The number of hydrogen-bond acceptors (Lipinski definition) is 4. The number of esters is 1. The molecule has 0 atom stereocenters. The Morgan fingerprint density at radius 2 is 1.88 bits per heavy atom. The number of halogens is 2. The summed E-state index contributed by atoms with van der Waals surface area (Å²) in [7, 11) is 0. The van der Waals surface area contributed by atoms with Gasteiger partial charge in [0.15, 0.2) is 0 Å². The molecule has 2 rings (SSSR count). The van der Waals surface area contributed by atoms with Crippen molar-refractivity contribution in [1.29, 1.82) is 0 Å². The van der Waals surface area contributed by atoms with Crippen LogP contribution in [-0.2, 0) is 9.53 Å². The Hall–Kier alpha value is -2.37. The SMILES string of the molecule is CCOC(=O)/C=C/c1ccc(NC(=O)c2nc(Cl)ccc2Cl)cc1. The first-order chi connectivity index (χ1) is 11.5. The molecule has 5 nitrogen and oxygen atoms in total. The zero-order chi connectivity index (χ0) is 17.5. The monoisotopic (exact) mass is 364 g/mol. The topological polar surface area (TPSA) is 68.3 Å². The molecule has 0 bridgehead atoms. The Kier molecular flexibility index (Phi) is 6.35. The van der Waals surface area contributed by atoms with E-state index in [4.69, 9.17) is 27.9 Å². The molecule has 24 heavy (non-hydrogen) atoms. The van der Waals surface area contributed by atoms with Gasteiger partial charge in [-0.1, -0.05) is 35.3 Å². The molecule has 124 valence electrons. The Labute approximate surface area is 149 Å². The minimum atomic E-state index is -0.461. The van der Waals surface area contributed by atoms with Crippen LogP contribution in [-0.4, -0.2) is 23.5 Å². The van der Waals surface area contributed by atoms with Crippen LogP contribution in [0.3, 0.4) is 0 Å². The van der Waals surface area contributed by atoms with E-state index in [1.807, 2.05) is 0 Å². The van der Waals surface area contributed by atoms with Crippen molar-refractivity contribution in [3.05, 3.63) is 63.9 Å². The van der Waals surface area contributed by atoms with Crippen LogP contribution in [0.2, 0.25) is 10.2 Å². The van der Waals surface area contributed by atoms with Crippen molar-refractivity contribution in [2.24, 2.45) is 0 Å². The summed E-state index contributed by atoms with van der Waals surface area (Å²) in [6, 6.07) is 9.90. The molecule has 0 radical (unpaired) electrons. The zero-order valence-corrected chi connectivity index (χ0v) is 14.3. The number of rotatable bonds is 5. The molecule has 7 heteroatoms. The lowest BCUT2D eigenvalue weighted by Crippen LogP contribution is -2.14. The van der Waals surface area contributed by atoms with E-state index in [9.17, 15) is 9.59 Å². The number of aromatic nitrogens is 1. The molecule has 0 spiro atoms. The minimum absolute atomic E-state index is 0.0513. The number of anilines is 1. The van der Waals surface area contributed by atoms with Gasteiger partial charge in [-0.2, -0.15) is 0 Å². The second-order valence-corrected chi connectivity index (χ2v) is 5.42. The number of nitrogens with one attached hydrogen (secondary N) is 1. The number of benzene rings is 1. The molecular weight excluding hydrogens is 351 g/mol. The van der Waals surface area contributed by atoms with Gasteiger partial charge in [0.25, 0.3) is 5.91 Å². The summed E-state index contributed by atoms with van der Waals surface area (Å²) in [5.74, 6) is -0.867. The van der Waals surface area contributed by atoms with E-state index in [2.05, 4.69) is 10.3 Å². The van der Waals surface area contributed by atoms with Crippen molar-refractivity contribution in [2.75, 3.05) is 11.9 Å². The third-order valence-corrected chi connectivity index (χ3v) is 3.41. The van der Waals surface area contributed by atoms with Crippen LogP contribution in [0.1, 0.15) is 23.0 Å². The first-order valence-corrected chi connectivity index (χ1v) is 7.83. The van der Waals surface area contributed by atoms with Crippen LogP contribution < -0.4 is 5.32 Å². The number of carbonyl (C=O) groups excluding carboxylic acids is 2. The molecule has 0 aliphatic heterocycles. The lowest BCUT2D eigenvalue weighted by atomic mass is 10.2. The first-order valence-electron chi connectivity index (χ1n) is 7.08. The quantitative estimate of drug-likeness (QED) is 0.490. The summed E-state index contributed by atoms with van der Waals surface area (Å²) in [5, 5.41) is 3.08. The second-order valence-electron chi connectivity index (χ2n) is 4.63. The molecule has 0 saturated carbocycles.